The summed E-state index contributed by atoms with van der Waals surface area (Å²) in [4.78, 5) is 0. The van der Waals surface area contributed by atoms with Crippen molar-refractivity contribution in [2.24, 2.45) is 0 Å². The van der Waals surface area contributed by atoms with Gasteiger partial charge in [0.05, 0.1) is 21.5 Å². The minimum atomic E-state index is -2.93. The lowest BCUT2D eigenvalue weighted by Crippen LogP contribution is -2.10. The Morgan fingerprint density at radius 2 is 1.82 bits per heavy atom. The molecule has 0 heterocycles. The van der Waals surface area contributed by atoms with E-state index >= 15 is 0 Å². The molecule has 0 aliphatic carbocycles. The van der Waals surface area contributed by atoms with E-state index in [2.05, 4.69) is 5.32 Å². The fraction of sp³-hybridized carbons (Fsp3) is 0.400. The van der Waals surface area contributed by atoms with Gasteiger partial charge in [-0.15, -0.1) is 0 Å². The van der Waals surface area contributed by atoms with Gasteiger partial charge in [-0.3, -0.25) is 0 Å². The molecular weight excluding hydrogens is 283 g/mol. The number of hydrogen-bond donors (Lipinski definition) is 2. The topological polar surface area (TPSA) is 72.2 Å². The zero-order valence-electron chi connectivity index (χ0n) is 9.33. The fourth-order valence-corrected chi connectivity index (χ4v) is 2.62. The molecule has 0 atom stereocenters. The van der Waals surface area contributed by atoms with E-state index in [1.165, 1.54) is 6.26 Å². The molecule has 0 fully saturated rings. The van der Waals surface area contributed by atoms with Gasteiger partial charge in [0, 0.05) is 18.5 Å². The van der Waals surface area contributed by atoms with Crippen LogP contribution in [0, 0.1) is 0 Å². The van der Waals surface area contributed by atoms with E-state index < -0.39 is 9.84 Å². The molecule has 0 radical (unpaired) electrons. The summed E-state index contributed by atoms with van der Waals surface area (Å²) in [5.41, 5.74) is 6.63. The first-order valence-electron chi connectivity index (χ1n) is 4.96. The van der Waals surface area contributed by atoms with Crippen molar-refractivity contribution in [1.82, 2.24) is 0 Å². The molecule has 4 nitrogen and oxygen atoms in total. The molecule has 0 unspecified atom stereocenters. The smallest absolute Gasteiger partial charge is 0.147 e. The Hall–Kier alpha value is -0.650. The second kappa shape index (κ2) is 5.80. The Morgan fingerprint density at radius 1 is 1.29 bits per heavy atom. The second-order valence-electron chi connectivity index (χ2n) is 3.77. The van der Waals surface area contributed by atoms with Crippen LogP contribution in [0.2, 0.25) is 10.0 Å². The number of rotatable bonds is 5. The highest BCUT2D eigenvalue weighted by molar-refractivity contribution is 7.90. The maximum Gasteiger partial charge on any atom is 0.147 e. The number of sulfone groups is 1. The van der Waals surface area contributed by atoms with Crippen LogP contribution in [-0.2, 0) is 9.84 Å². The lowest BCUT2D eigenvalue weighted by molar-refractivity contribution is 0.600. The summed E-state index contributed by atoms with van der Waals surface area (Å²) in [6, 6.07) is 3.18. The van der Waals surface area contributed by atoms with Crippen molar-refractivity contribution < 1.29 is 8.42 Å². The molecule has 0 aromatic heterocycles. The van der Waals surface area contributed by atoms with E-state index in [9.17, 15) is 8.42 Å². The fourth-order valence-electron chi connectivity index (χ4n) is 1.31. The molecule has 0 saturated heterocycles. The van der Waals surface area contributed by atoms with Gasteiger partial charge in [0.15, 0.2) is 0 Å². The quantitative estimate of drug-likeness (QED) is 0.646. The molecule has 96 valence electrons. The maximum absolute atomic E-state index is 10.9. The van der Waals surface area contributed by atoms with Crippen LogP contribution in [0.4, 0.5) is 11.4 Å². The Labute approximate surface area is 111 Å². The number of halogens is 2. The average Bonchev–Trinajstić information content (AvgIpc) is 2.13. The summed E-state index contributed by atoms with van der Waals surface area (Å²) in [6.45, 7) is 0.483. The molecule has 7 heteroatoms. The third-order valence-electron chi connectivity index (χ3n) is 2.06. The monoisotopic (exact) mass is 296 g/mol. The average molecular weight is 297 g/mol. The number of nitrogens with one attached hydrogen (secondary N) is 1. The van der Waals surface area contributed by atoms with Gasteiger partial charge in [0.2, 0.25) is 0 Å². The van der Waals surface area contributed by atoms with E-state index in [1.54, 1.807) is 12.1 Å². The standard InChI is InChI=1S/C10H14Cl2N2O2S/c1-17(15,16)4-2-3-14-10-8(11)5-7(13)6-9(10)12/h5-6,14H,2-4,13H2,1H3. The molecule has 1 rings (SSSR count). The highest BCUT2D eigenvalue weighted by Crippen LogP contribution is 2.32. The Balaban J connectivity index is 2.58. The first kappa shape index (κ1) is 14.4. The van der Waals surface area contributed by atoms with Crippen molar-refractivity contribution >= 4 is 44.4 Å². The van der Waals surface area contributed by atoms with Gasteiger partial charge in [-0.05, 0) is 18.6 Å². The van der Waals surface area contributed by atoms with Gasteiger partial charge in [-0.2, -0.15) is 0 Å². The van der Waals surface area contributed by atoms with E-state index in [1.807, 2.05) is 0 Å². The number of hydrogen-bond acceptors (Lipinski definition) is 4. The largest absolute Gasteiger partial charge is 0.399 e. The van der Waals surface area contributed by atoms with Gasteiger partial charge in [-0.25, -0.2) is 8.42 Å². The van der Waals surface area contributed by atoms with Gasteiger partial charge in [0.1, 0.15) is 9.84 Å². The molecule has 0 spiro atoms. The molecule has 0 saturated carbocycles. The number of nitrogens with two attached hydrogens (primary N) is 1. The minimum absolute atomic E-state index is 0.129. The Bertz CT molecular complexity index is 480. The van der Waals surface area contributed by atoms with Crippen molar-refractivity contribution in [2.45, 2.75) is 6.42 Å². The highest BCUT2D eigenvalue weighted by atomic mass is 35.5. The van der Waals surface area contributed by atoms with Crippen LogP contribution in [0.5, 0.6) is 0 Å². The van der Waals surface area contributed by atoms with E-state index in [0.29, 0.717) is 34.4 Å². The van der Waals surface area contributed by atoms with Crippen molar-refractivity contribution in [3.63, 3.8) is 0 Å². The SMILES string of the molecule is CS(=O)(=O)CCCNc1c(Cl)cc(N)cc1Cl. The molecule has 0 aliphatic heterocycles. The molecule has 1 aromatic rings. The number of anilines is 2. The summed E-state index contributed by atoms with van der Waals surface area (Å²) in [6.07, 6.45) is 1.70. The van der Waals surface area contributed by atoms with Crippen LogP contribution in [0.1, 0.15) is 6.42 Å². The molecule has 0 amide bonds. The summed E-state index contributed by atoms with van der Waals surface area (Å²) in [7, 11) is -2.93. The first-order chi connectivity index (χ1) is 7.79. The lowest BCUT2D eigenvalue weighted by atomic mass is 10.2. The van der Waals surface area contributed by atoms with Crippen LogP contribution in [0.15, 0.2) is 12.1 Å². The van der Waals surface area contributed by atoms with E-state index in [-0.39, 0.29) is 5.75 Å². The summed E-state index contributed by atoms with van der Waals surface area (Å²) >= 11 is 11.9. The van der Waals surface area contributed by atoms with Crippen molar-refractivity contribution in [1.29, 1.82) is 0 Å². The predicted octanol–water partition coefficient (Wildman–Crippen LogP) is 2.42. The van der Waals surface area contributed by atoms with Crippen molar-refractivity contribution in [3.8, 4) is 0 Å². The van der Waals surface area contributed by atoms with Crippen molar-refractivity contribution in [3.05, 3.63) is 22.2 Å². The Kier molecular flexibility index (Phi) is 4.91. The van der Waals surface area contributed by atoms with Gasteiger partial charge >= 0.3 is 0 Å². The molecular formula is C10H14Cl2N2O2S. The third kappa shape index (κ3) is 5.02. The minimum Gasteiger partial charge on any atom is -0.399 e. The molecule has 0 aliphatic rings. The summed E-state index contributed by atoms with van der Waals surface area (Å²) in [5, 5.41) is 3.85. The van der Waals surface area contributed by atoms with Gasteiger partial charge in [-0.1, -0.05) is 23.2 Å². The van der Waals surface area contributed by atoms with E-state index in [4.69, 9.17) is 28.9 Å². The highest BCUT2D eigenvalue weighted by Gasteiger charge is 2.07. The molecule has 3 N–H and O–H groups in total. The molecule has 1 aromatic carbocycles. The zero-order valence-corrected chi connectivity index (χ0v) is 11.7. The van der Waals surface area contributed by atoms with Gasteiger partial charge in [0.25, 0.3) is 0 Å². The van der Waals surface area contributed by atoms with Crippen molar-refractivity contribution in [2.75, 3.05) is 29.6 Å². The normalized spacial score (nSPS) is 11.5. The predicted molar refractivity (Wildman–Crippen MR) is 73.7 cm³/mol. The molecule has 17 heavy (non-hydrogen) atoms. The number of nitrogen functional groups attached to an aromatic ring is 1. The zero-order chi connectivity index (χ0) is 13.1. The van der Waals surface area contributed by atoms with Gasteiger partial charge < -0.3 is 11.1 Å². The first-order valence-corrected chi connectivity index (χ1v) is 7.77. The van der Waals surface area contributed by atoms with Crippen LogP contribution >= 0.6 is 23.2 Å². The number of benzene rings is 1. The maximum atomic E-state index is 10.9. The third-order valence-corrected chi connectivity index (χ3v) is 3.68. The molecule has 0 bridgehead atoms. The van der Waals surface area contributed by atoms with Crippen LogP contribution < -0.4 is 11.1 Å². The van der Waals surface area contributed by atoms with E-state index in [0.717, 1.165) is 0 Å². The Morgan fingerprint density at radius 3 is 2.29 bits per heavy atom. The lowest BCUT2D eigenvalue weighted by Gasteiger charge is -2.10. The van der Waals surface area contributed by atoms with Crippen LogP contribution in [0.3, 0.4) is 0 Å². The summed E-state index contributed by atoms with van der Waals surface area (Å²) < 4.78 is 21.8. The second-order valence-corrected chi connectivity index (χ2v) is 6.84. The van der Waals surface area contributed by atoms with Crippen LogP contribution in [-0.4, -0.2) is 27.0 Å². The summed E-state index contributed by atoms with van der Waals surface area (Å²) in [5.74, 6) is 0.129. The van der Waals surface area contributed by atoms with Crippen LogP contribution in [0.25, 0.3) is 0 Å².